The van der Waals surface area contributed by atoms with E-state index in [-0.39, 0.29) is 10.0 Å². The monoisotopic (exact) mass is 301 g/mol. The largest absolute Gasteiger partial charge is 0.416 e. The number of hydrogen-bond donors (Lipinski definition) is 1. The molecule has 1 aromatic carbocycles. The molecule has 15 heavy (non-hydrogen) atoms. The maximum atomic E-state index is 12.3. The first-order valence-corrected chi connectivity index (χ1v) is 4.77. The minimum atomic E-state index is -4.47. The quantitative estimate of drug-likeness (QED) is 0.477. The fraction of sp³-hybridized carbons (Fsp3) is 0.125. The van der Waals surface area contributed by atoms with Crippen molar-refractivity contribution in [1.82, 2.24) is 0 Å². The van der Waals surface area contributed by atoms with Gasteiger partial charge in [-0.05, 0) is 18.2 Å². The third kappa shape index (κ3) is 3.10. The molecular formula is C8H4BrClF3NO. The van der Waals surface area contributed by atoms with Crippen LogP contribution in [0.25, 0.3) is 0 Å². The number of halogens is 5. The molecule has 1 N–H and O–H groups in total. The summed E-state index contributed by atoms with van der Waals surface area (Å²) in [5, 5.41) is 10.5. The predicted molar refractivity (Wildman–Crippen MR) is 53.3 cm³/mol. The fourth-order valence-electron chi connectivity index (χ4n) is 0.930. The van der Waals surface area contributed by atoms with Gasteiger partial charge in [-0.3, -0.25) is 0 Å². The molecule has 0 heterocycles. The van der Waals surface area contributed by atoms with Crippen LogP contribution in [0.4, 0.5) is 13.2 Å². The van der Waals surface area contributed by atoms with E-state index in [1.165, 1.54) is 6.07 Å². The van der Waals surface area contributed by atoms with Gasteiger partial charge in [0, 0.05) is 10.0 Å². The highest BCUT2D eigenvalue weighted by molar-refractivity contribution is 9.10. The van der Waals surface area contributed by atoms with Gasteiger partial charge in [-0.25, -0.2) is 0 Å². The molecule has 0 bridgehead atoms. The Labute approximate surface area is 96.5 Å². The Morgan fingerprint density at radius 3 is 2.40 bits per heavy atom. The second-order valence-electron chi connectivity index (χ2n) is 2.62. The van der Waals surface area contributed by atoms with Crippen LogP contribution >= 0.6 is 27.5 Å². The van der Waals surface area contributed by atoms with Crippen LogP contribution in [0.1, 0.15) is 11.1 Å². The van der Waals surface area contributed by atoms with E-state index in [9.17, 15) is 13.2 Å². The summed E-state index contributed by atoms with van der Waals surface area (Å²) in [5.41, 5.74) is -0.880. The molecule has 0 aliphatic heterocycles. The predicted octanol–water partition coefficient (Wildman–Crippen LogP) is 3.84. The Balaban J connectivity index is 3.29. The van der Waals surface area contributed by atoms with Gasteiger partial charge in [-0.1, -0.05) is 32.7 Å². The molecule has 82 valence electrons. The summed E-state index contributed by atoms with van der Waals surface area (Å²) >= 11 is 8.30. The fourth-order valence-corrected chi connectivity index (χ4v) is 1.53. The van der Waals surface area contributed by atoms with Crippen molar-refractivity contribution in [3.05, 3.63) is 33.8 Å². The number of nitrogens with zero attached hydrogens (tertiary/aromatic N) is 1. The molecule has 1 aromatic rings. The summed E-state index contributed by atoms with van der Waals surface area (Å²) in [6.07, 6.45) is -4.47. The summed E-state index contributed by atoms with van der Waals surface area (Å²) in [7, 11) is 0. The van der Waals surface area contributed by atoms with Crippen molar-refractivity contribution in [2.24, 2.45) is 5.16 Å². The standard InChI is InChI=1S/C8H4BrClF3NO/c9-6-2-4(7(10)14-15)1-5(3-6)8(11,12)13/h1-3,15H/b14-7-. The van der Waals surface area contributed by atoms with Crippen molar-refractivity contribution < 1.29 is 18.4 Å². The lowest BCUT2D eigenvalue weighted by molar-refractivity contribution is -0.137. The van der Waals surface area contributed by atoms with E-state index in [0.717, 1.165) is 12.1 Å². The molecule has 0 saturated carbocycles. The van der Waals surface area contributed by atoms with Crippen LogP contribution in [0.2, 0.25) is 0 Å². The molecule has 0 amide bonds. The lowest BCUT2D eigenvalue weighted by Crippen LogP contribution is -2.06. The molecule has 0 saturated heterocycles. The van der Waals surface area contributed by atoms with Crippen LogP contribution in [0.3, 0.4) is 0 Å². The summed E-state index contributed by atoms with van der Waals surface area (Å²) < 4.78 is 37.2. The average molecular weight is 302 g/mol. The van der Waals surface area contributed by atoms with Crippen LogP contribution in [0.5, 0.6) is 0 Å². The Kier molecular flexibility index (Phi) is 3.62. The van der Waals surface area contributed by atoms with Gasteiger partial charge in [0.05, 0.1) is 5.56 Å². The van der Waals surface area contributed by atoms with Crippen LogP contribution in [0.15, 0.2) is 27.8 Å². The Morgan fingerprint density at radius 1 is 1.33 bits per heavy atom. The first kappa shape index (κ1) is 12.3. The zero-order valence-corrected chi connectivity index (χ0v) is 9.36. The molecule has 0 atom stereocenters. The minimum Gasteiger partial charge on any atom is -0.410 e. The summed E-state index contributed by atoms with van der Waals surface area (Å²) in [4.78, 5) is 0. The lowest BCUT2D eigenvalue weighted by Gasteiger charge is -2.08. The zero-order valence-electron chi connectivity index (χ0n) is 7.02. The lowest BCUT2D eigenvalue weighted by atomic mass is 10.1. The maximum absolute atomic E-state index is 12.3. The topological polar surface area (TPSA) is 32.6 Å². The zero-order chi connectivity index (χ0) is 11.6. The van der Waals surface area contributed by atoms with Crippen molar-refractivity contribution in [3.8, 4) is 0 Å². The minimum absolute atomic E-state index is 0.0131. The van der Waals surface area contributed by atoms with Crippen LogP contribution in [-0.4, -0.2) is 10.4 Å². The van der Waals surface area contributed by atoms with Gasteiger partial charge < -0.3 is 5.21 Å². The van der Waals surface area contributed by atoms with Gasteiger partial charge in [0.15, 0.2) is 5.17 Å². The molecule has 0 aliphatic carbocycles. The first-order chi connectivity index (χ1) is 6.84. The van der Waals surface area contributed by atoms with Crippen LogP contribution in [0, 0.1) is 0 Å². The van der Waals surface area contributed by atoms with Crippen molar-refractivity contribution in [1.29, 1.82) is 0 Å². The Hall–Kier alpha value is -0.750. The summed E-state index contributed by atoms with van der Waals surface area (Å²) in [6, 6.07) is 3.02. The Bertz CT molecular complexity index is 405. The molecule has 0 radical (unpaired) electrons. The molecule has 0 fully saturated rings. The molecule has 2 nitrogen and oxygen atoms in total. The van der Waals surface area contributed by atoms with E-state index >= 15 is 0 Å². The molecule has 0 spiro atoms. The van der Waals surface area contributed by atoms with Gasteiger partial charge in [0.1, 0.15) is 0 Å². The van der Waals surface area contributed by atoms with Crippen molar-refractivity contribution in [3.63, 3.8) is 0 Å². The highest BCUT2D eigenvalue weighted by Gasteiger charge is 2.31. The number of rotatable bonds is 1. The summed E-state index contributed by atoms with van der Waals surface area (Å²) in [6.45, 7) is 0. The number of alkyl halides is 3. The third-order valence-electron chi connectivity index (χ3n) is 1.55. The molecule has 0 aromatic heterocycles. The normalized spacial score (nSPS) is 13.0. The molecule has 0 unspecified atom stereocenters. The average Bonchev–Trinajstić information content (AvgIpc) is 2.14. The second-order valence-corrected chi connectivity index (χ2v) is 3.89. The highest BCUT2D eigenvalue weighted by Crippen LogP contribution is 2.32. The van der Waals surface area contributed by atoms with E-state index in [0.29, 0.717) is 0 Å². The van der Waals surface area contributed by atoms with Crippen LogP contribution in [-0.2, 0) is 6.18 Å². The third-order valence-corrected chi connectivity index (χ3v) is 2.30. The number of benzene rings is 1. The number of hydrogen-bond acceptors (Lipinski definition) is 2. The van der Waals surface area contributed by atoms with Gasteiger partial charge in [-0.15, -0.1) is 0 Å². The van der Waals surface area contributed by atoms with Gasteiger partial charge in [-0.2, -0.15) is 13.2 Å². The molecule has 7 heteroatoms. The van der Waals surface area contributed by atoms with Gasteiger partial charge in [0.25, 0.3) is 0 Å². The number of oxime groups is 1. The van der Waals surface area contributed by atoms with E-state index in [1.807, 2.05) is 0 Å². The first-order valence-electron chi connectivity index (χ1n) is 3.60. The molecular weight excluding hydrogens is 298 g/mol. The van der Waals surface area contributed by atoms with Gasteiger partial charge in [0.2, 0.25) is 0 Å². The van der Waals surface area contributed by atoms with Crippen molar-refractivity contribution >= 4 is 32.7 Å². The van der Waals surface area contributed by atoms with Gasteiger partial charge >= 0.3 is 6.18 Å². The van der Waals surface area contributed by atoms with E-state index in [1.54, 1.807) is 0 Å². The smallest absolute Gasteiger partial charge is 0.410 e. The second kappa shape index (κ2) is 4.40. The SMILES string of the molecule is O/N=C(\Cl)c1cc(Br)cc(C(F)(F)F)c1. The van der Waals surface area contributed by atoms with E-state index < -0.39 is 16.9 Å². The van der Waals surface area contributed by atoms with Crippen LogP contribution < -0.4 is 0 Å². The van der Waals surface area contributed by atoms with Crippen molar-refractivity contribution in [2.45, 2.75) is 6.18 Å². The van der Waals surface area contributed by atoms with E-state index in [2.05, 4.69) is 21.1 Å². The highest BCUT2D eigenvalue weighted by atomic mass is 79.9. The summed E-state index contributed by atoms with van der Waals surface area (Å²) in [5.74, 6) is 0. The molecule has 1 rings (SSSR count). The van der Waals surface area contributed by atoms with Crippen molar-refractivity contribution in [2.75, 3.05) is 0 Å². The molecule has 0 aliphatic rings. The van der Waals surface area contributed by atoms with E-state index in [4.69, 9.17) is 16.8 Å². The maximum Gasteiger partial charge on any atom is 0.416 e. The Morgan fingerprint density at radius 2 is 1.93 bits per heavy atom.